The Hall–Kier alpha value is -0.980. The number of rotatable bonds is 3. The molecule has 1 unspecified atom stereocenters. The van der Waals surface area contributed by atoms with E-state index in [9.17, 15) is 18.0 Å². The van der Waals surface area contributed by atoms with Gasteiger partial charge in [-0.05, 0) is 12.8 Å². The molecule has 1 rings (SSSR count). The smallest absolute Gasteiger partial charge is 0.376 e. The number of alkyl halides is 3. The van der Waals surface area contributed by atoms with E-state index in [1.54, 1.807) is 5.32 Å². The SMILES string of the molecule is CN(CC1CCCO1)C(=O)NCC(F)(F)F. The molecule has 0 aliphatic carbocycles. The minimum atomic E-state index is -4.37. The van der Waals surface area contributed by atoms with Crippen molar-refractivity contribution in [2.45, 2.75) is 25.1 Å². The summed E-state index contributed by atoms with van der Waals surface area (Å²) in [6, 6.07) is -0.729. The Labute approximate surface area is 91.7 Å². The largest absolute Gasteiger partial charge is 0.405 e. The van der Waals surface area contributed by atoms with E-state index < -0.39 is 18.8 Å². The van der Waals surface area contributed by atoms with Crippen LogP contribution < -0.4 is 5.32 Å². The average molecular weight is 240 g/mol. The summed E-state index contributed by atoms with van der Waals surface area (Å²) in [6.45, 7) is -0.325. The Morgan fingerprint density at radius 1 is 1.56 bits per heavy atom. The molecular formula is C9H15F3N2O2. The third-order valence-electron chi connectivity index (χ3n) is 2.29. The zero-order valence-electron chi connectivity index (χ0n) is 9.01. The van der Waals surface area contributed by atoms with E-state index >= 15 is 0 Å². The molecule has 0 aromatic heterocycles. The normalized spacial score (nSPS) is 20.9. The quantitative estimate of drug-likeness (QED) is 0.809. The molecule has 2 amide bonds. The van der Waals surface area contributed by atoms with Gasteiger partial charge in [-0.1, -0.05) is 0 Å². The molecule has 0 radical (unpaired) electrons. The number of hydrogen-bond acceptors (Lipinski definition) is 2. The summed E-state index contributed by atoms with van der Waals surface area (Å²) in [4.78, 5) is 12.4. The first-order chi connectivity index (χ1) is 7.38. The van der Waals surface area contributed by atoms with Gasteiger partial charge in [0.05, 0.1) is 6.10 Å². The molecule has 1 heterocycles. The molecule has 7 heteroatoms. The minimum Gasteiger partial charge on any atom is -0.376 e. The van der Waals surface area contributed by atoms with Crippen LogP contribution in [0.25, 0.3) is 0 Å². The summed E-state index contributed by atoms with van der Waals surface area (Å²) < 4.78 is 40.8. The number of ether oxygens (including phenoxy) is 1. The molecule has 0 saturated carbocycles. The lowest BCUT2D eigenvalue weighted by Gasteiger charge is -2.21. The topological polar surface area (TPSA) is 41.6 Å². The summed E-state index contributed by atoms with van der Waals surface area (Å²) in [7, 11) is 1.45. The molecule has 1 saturated heterocycles. The van der Waals surface area contributed by atoms with E-state index in [0.29, 0.717) is 13.2 Å². The van der Waals surface area contributed by atoms with Crippen molar-refractivity contribution in [1.29, 1.82) is 0 Å². The molecule has 1 atom stereocenters. The van der Waals surface area contributed by atoms with Gasteiger partial charge < -0.3 is 15.0 Å². The molecule has 16 heavy (non-hydrogen) atoms. The molecule has 94 valence electrons. The molecule has 1 fully saturated rings. The minimum absolute atomic E-state index is 0.0540. The predicted octanol–water partition coefficient (Wildman–Crippen LogP) is 1.37. The summed E-state index contributed by atoms with van der Waals surface area (Å²) in [5, 5.41) is 1.80. The second kappa shape index (κ2) is 5.38. The van der Waals surface area contributed by atoms with E-state index in [4.69, 9.17) is 4.74 Å². The standard InChI is InChI=1S/C9H15F3N2O2/c1-14(5-7-3-2-4-16-7)8(15)13-6-9(10,11)12/h7H,2-6H2,1H3,(H,13,15). The van der Waals surface area contributed by atoms with Gasteiger partial charge in [-0.3, -0.25) is 0 Å². The van der Waals surface area contributed by atoms with Gasteiger partial charge in [0.2, 0.25) is 0 Å². The van der Waals surface area contributed by atoms with Crippen molar-refractivity contribution in [2.24, 2.45) is 0 Å². The number of hydrogen-bond donors (Lipinski definition) is 1. The first kappa shape index (κ1) is 13.1. The maximum atomic E-state index is 11.8. The lowest BCUT2D eigenvalue weighted by Crippen LogP contribution is -2.44. The second-order valence-electron chi connectivity index (χ2n) is 3.79. The summed E-state index contributed by atoms with van der Waals surface area (Å²) in [5.41, 5.74) is 0. The average Bonchev–Trinajstić information content (AvgIpc) is 2.65. The first-order valence-corrected chi connectivity index (χ1v) is 5.06. The Morgan fingerprint density at radius 2 is 2.25 bits per heavy atom. The van der Waals surface area contributed by atoms with Crippen LogP contribution in [0.4, 0.5) is 18.0 Å². The van der Waals surface area contributed by atoms with Crippen molar-refractivity contribution >= 4 is 6.03 Å². The number of carbonyl (C=O) groups excluding carboxylic acids is 1. The Kier molecular flexibility index (Phi) is 4.40. The van der Waals surface area contributed by atoms with Crippen LogP contribution in [0.1, 0.15) is 12.8 Å². The first-order valence-electron chi connectivity index (χ1n) is 5.06. The van der Waals surface area contributed by atoms with Crippen LogP contribution in [0.2, 0.25) is 0 Å². The number of carbonyl (C=O) groups is 1. The van der Waals surface area contributed by atoms with Gasteiger partial charge >= 0.3 is 12.2 Å². The number of halogens is 3. The van der Waals surface area contributed by atoms with Gasteiger partial charge in [-0.15, -0.1) is 0 Å². The van der Waals surface area contributed by atoms with Crippen LogP contribution in [-0.4, -0.2) is 50.0 Å². The number of likely N-dealkylation sites (N-methyl/N-ethyl adjacent to an activating group) is 1. The Bertz CT molecular complexity index is 239. The van der Waals surface area contributed by atoms with Crippen LogP contribution in [0.15, 0.2) is 0 Å². The summed E-state index contributed by atoms with van der Waals surface area (Å²) >= 11 is 0. The van der Waals surface area contributed by atoms with Crippen molar-refractivity contribution in [3.05, 3.63) is 0 Å². The van der Waals surface area contributed by atoms with Crippen molar-refractivity contribution in [3.63, 3.8) is 0 Å². The maximum absolute atomic E-state index is 11.8. The number of nitrogens with one attached hydrogen (secondary N) is 1. The highest BCUT2D eigenvalue weighted by molar-refractivity contribution is 5.73. The van der Waals surface area contributed by atoms with E-state index in [1.165, 1.54) is 11.9 Å². The monoisotopic (exact) mass is 240 g/mol. The van der Waals surface area contributed by atoms with Crippen LogP contribution in [0, 0.1) is 0 Å². The highest BCUT2D eigenvalue weighted by Gasteiger charge is 2.29. The molecule has 0 aromatic carbocycles. The van der Waals surface area contributed by atoms with Crippen molar-refractivity contribution in [2.75, 3.05) is 26.7 Å². The van der Waals surface area contributed by atoms with Crippen molar-refractivity contribution in [1.82, 2.24) is 10.2 Å². The van der Waals surface area contributed by atoms with Gasteiger partial charge in [-0.2, -0.15) is 13.2 Å². The number of amides is 2. The van der Waals surface area contributed by atoms with E-state index in [1.807, 2.05) is 0 Å². The van der Waals surface area contributed by atoms with E-state index in [2.05, 4.69) is 0 Å². The zero-order chi connectivity index (χ0) is 12.2. The predicted molar refractivity (Wildman–Crippen MR) is 51.1 cm³/mol. The van der Waals surface area contributed by atoms with Crippen LogP contribution in [0.5, 0.6) is 0 Å². The molecular weight excluding hydrogens is 225 g/mol. The molecule has 4 nitrogen and oxygen atoms in total. The summed E-state index contributed by atoms with van der Waals surface area (Å²) in [6.07, 6.45) is -2.65. The fraction of sp³-hybridized carbons (Fsp3) is 0.889. The number of urea groups is 1. The fourth-order valence-corrected chi connectivity index (χ4v) is 1.49. The van der Waals surface area contributed by atoms with E-state index in [0.717, 1.165) is 12.8 Å². The fourth-order valence-electron chi connectivity index (χ4n) is 1.49. The van der Waals surface area contributed by atoms with Gasteiger partial charge in [0, 0.05) is 20.2 Å². The van der Waals surface area contributed by atoms with Crippen LogP contribution >= 0.6 is 0 Å². The van der Waals surface area contributed by atoms with Crippen LogP contribution in [-0.2, 0) is 4.74 Å². The molecule has 1 N–H and O–H groups in total. The summed E-state index contributed by atoms with van der Waals surface area (Å²) in [5.74, 6) is 0. The second-order valence-corrected chi connectivity index (χ2v) is 3.79. The Balaban J connectivity index is 2.24. The molecule has 0 spiro atoms. The molecule has 1 aliphatic rings. The lowest BCUT2D eigenvalue weighted by molar-refractivity contribution is -0.123. The van der Waals surface area contributed by atoms with Crippen molar-refractivity contribution in [3.8, 4) is 0 Å². The van der Waals surface area contributed by atoms with Gasteiger partial charge in [0.25, 0.3) is 0 Å². The third kappa shape index (κ3) is 4.69. The molecule has 0 aromatic rings. The highest BCUT2D eigenvalue weighted by Crippen LogP contribution is 2.14. The van der Waals surface area contributed by atoms with Gasteiger partial charge in [-0.25, -0.2) is 4.79 Å². The third-order valence-corrected chi connectivity index (χ3v) is 2.29. The molecule has 0 bridgehead atoms. The number of nitrogens with zero attached hydrogens (tertiary/aromatic N) is 1. The van der Waals surface area contributed by atoms with Crippen molar-refractivity contribution < 1.29 is 22.7 Å². The van der Waals surface area contributed by atoms with Gasteiger partial charge in [0.15, 0.2) is 0 Å². The maximum Gasteiger partial charge on any atom is 0.405 e. The Morgan fingerprint density at radius 3 is 2.75 bits per heavy atom. The van der Waals surface area contributed by atoms with Crippen LogP contribution in [0.3, 0.4) is 0 Å². The molecule has 1 aliphatic heterocycles. The highest BCUT2D eigenvalue weighted by atomic mass is 19.4. The van der Waals surface area contributed by atoms with E-state index in [-0.39, 0.29) is 6.10 Å². The zero-order valence-corrected chi connectivity index (χ0v) is 9.01. The van der Waals surface area contributed by atoms with Gasteiger partial charge in [0.1, 0.15) is 6.54 Å². The lowest BCUT2D eigenvalue weighted by atomic mass is 10.2.